The molecular weight excluding hydrogens is 406 g/mol. The van der Waals surface area contributed by atoms with Crippen LogP contribution in [0.1, 0.15) is 21.5 Å². The molecule has 7 nitrogen and oxygen atoms in total. The van der Waals surface area contributed by atoms with Crippen LogP contribution in [-0.2, 0) is 13.0 Å². The first kappa shape index (κ1) is 21.2. The van der Waals surface area contributed by atoms with E-state index in [1.54, 1.807) is 37.3 Å². The van der Waals surface area contributed by atoms with Crippen molar-refractivity contribution in [3.63, 3.8) is 0 Å². The number of ether oxygens (including phenoxy) is 2. The van der Waals surface area contributed by atoms with E-state index in [1.165, 1.54) is 0 Å². The Hall–Kier alpha value is -4.00. The molecule has 1 aliphatic rings. The molecule has 32 heavy (non-hydrogen) atoms. The maximum Gasteiger partial charge on any atom is 0.319 e. The quantitative estimate of drug-likeness (QED) is 0.612. The minimum Gasteiger partial charge on any atom is -0.493 e. The highest BCUT2D eigenvalue weighted by Gasteiger charge is 2.25. The molecule has 2 N–H and O–H groups in total. The zero-order chi connectivity index (χ0) is 22.5. The van der Waals surface area contributed by atoms with Gasteiger partial charge in [0.2, 0.25) is 0 Å². The van der Waals surface area contributed by atoms with Crippen LogP contribution < -0.4 is 25.0 Å². The third kappa shape index (κ3) is 4.51. The molecule has 3 aromatic rings. The van der Waals surface area contributed by atoms with Gasteiger partial charge in [-0.2, -0.15) is 0 Å². The minimum absolute atomic E-state index is 0.0133. The summed E-state index contributed by atoms with van der Waals surface area (Å²) in [7, 11) is 3.10. The third-order valence-corrected chi connectivity index (χ3v) is 5.41. The molecule has 7 heteroatoms. The number of fused-ring (bicyclic) bond motifs is 1. The monoisotopic (exact) mass is 431 g/mol. The van der Waals surface area contributed by atoms with Gasteiger partial charge in [0, 0.05) is 36.1 Å². The molecule has 1 aliphatic heterocycles. The Morgan fingerprint density at radius 1 is 0.938 bits per heavy atom. The SMILES string of the molecule is COc1ccc(NC(=O)NCc2ccc3c(c2)N(C(=O)c2ccccc2)CC3)cc1OC. The lowest BCUT2D eigenvalue weighted by molar-refractivity contribution is 0.0989. The average Bonchev–Trinajstić information content (AvgIpc) is 3.26. The van der Waals surface area contributed by atoms with E-state index in [9.17, 15) is 9.59 Å². The van der Waals surface area contributed by atoms with Crippen LogP contribution in [-0.4, -0.2) is 32.7 Å². The van der Waals surface area contributed by atoms with Gasteiger partial charge in [0.25, 0.3) is 5.91 Å². The number of methoxy groups -OCH3 is 2. The molecule has 0 aromatic heterocycles. The molecule has 1 heterocycles. The summed E-state index contributed by atoms with van der Waals surface area (Å²) in [6.07, 6.45) is 0.821. The number of anilines is 2. The van der Waals surface area contributed by atoms with Crippen molar-refractivity contribution in [1.82, 2.24) is 5.32 Å². The highest BCUT2D eigenvalue weighted by Crippen LogP contribution is 2.31. The Labute approximate surface area is 187 Å². The predicted molar refractivity (Wildman–Crippen MR) is 124 cm³/mol. The van der Waals surface area contributed by atoms with Crippen molar-refractivity contribution in [3.05, 3.63) is 83.4 Å². The summed E-state index contributed by atoms with van der Waals surface area (Å²) in [5, 5.41) is 5.64. The summed E-state index contributed by atoms with van der Waals surface area (Å²) in [6.45, 7) is 0.986. The van der Waals surface area contributed by atoms with E-state index in [0.717, 1.165) is 23.2 Å². The molecule has 164 valence electrons. The topological polar surface area (TPSA) is 79.9 Å². The normalized spacial score (nSPS) is 12.1. The maximum atomic E-state index is 12.9. The Morgan fingerprint density at radius 2 is 1.72 bits per heavy atom. The van der Waals surface area contributed by atoms with Crippen LogP contribution in [0, 0.1) is 0 Å². The van der Waals surface area contributed by atoms with E-state index in [1.807, 2.05) is 48.5 Å². The van der Waals surface area contributed by atoms with Crippen LogP contribution in [0.25, 0.3) is 0 Å². The van der Waals surface area contributed by atoms with Crippen LogP contribution in [0.2, 0.25) is 0 Å². The fourth-order valence-corrected chi connectivity index (χ4v) is 3.75. The van der Waals surface area contributed by atoms with Crippen molar-refractivity contribution in [3.8, 4) is 11.5 Å². The van der Waals surface area contributed by atoms with E-state index in [4.69, 9.17) is 9.47 Å². The molecule has 0 aliphatic carbocycles. The van der Waals surface area contributed by atoms with Gasteiger partial charge in [0.05, 0.1) is 14.2 Å². The second-order valence-electron chi connectivity index (χ2n) is 7.41. The molecule has 0 fully saturated rings. The van der Waals surface area contributed by atoms with Crippen molar-refractivity contribution in [2.75, 3.05) is 31.0 Å². The summed E-state index contributed by atoms with van der Waals surface area (Å²) in [4.78, 5) is 27.1. The zero-order valence-corrected chi connectivity index (χ0v) is 18.1. The molecule has 0 spiro atoms. The Bertz CT molecular complexity index is 1130. The lowest BCUT2D eigenvalue weighted by atomic mass is 10.1. The smallest absolute Gasteiger partial charge is 0.319 e. The van der Waals surface area contributed by atoms with Gasteiger partial charge >= 0.3 is 6.03 Å². The number of carbonyl (C=O) groups excluding carboxylic acids is 2. The number of nitrogens with one attached hydrogen (secondary N) is 2. The van der Waals surface area contributed by atoms with E-state index in [2.05, 4.69) is 10.6 Å². The molecule has 0 saturated heterocycles. The van der Waals surface area contributed by atoms with Crippen LogP contribution in [0.3, 0.4) is 0 Å². The summed E-state index contributed by atoms with van der Waals surface area (Å²) in [5.74, 6) is 1.11. The van der Waals surface area contributed by atoms with E-state index >= 15 is 0 Å². The van der Waals surface area contributed by atoms with Gasteiger partial charge in [-0.1, -0.05) is 30.3 Å². The van der Waals surface area contributed by atoms with Crippen LogP contribution in [0.4, 0.5) is 16.2 Å². The Kier molecular flexibility index (Phi) is 6.26. The molecule has 4 rings (SSSR count). The third-order valence-electron chi connectivity index (χ3n) is 5.41. The predicted octanol–water partition coefficient (Wildman–Crippen LogP) is 4.23. The second kappa shape index (κ2) is 9.43. The van der Waals surface area contributed by atoms with Gasteiger partial charge < -0.3 is 25.0 Å². The molecular formula is C25H25N3O4. The van der Waals surface area contributed by atoms with Crippen molar-refractivity contribution in [1.29, 1.82) is 0 Å². The number of benzene rings is 3. The first-order chi connectivity index (χ1) is 15.6. The maximum absolute atomic E-state index is 12.9. The number of hydrogen-bond donors (Lipinski definition) is 2. The van der Waals surface area contributed by atoms with Gasteiger partial charge in [-0.25, -0.2) is 4.79 Å². The van der Waals surface area contributed by atoms with Crippen molar-refractivity contribution in [2.24, 2.45) is 0 Å². The average molecular weight is 431 g/mol. The highest BCUT2D eigenvalue weighted by atomic mass is 16.5. The number of carbonyl (C=O) groups is 2. The van der Waals surface area contributed by atoms with E-state index < -0.39 is 0 Å². The van der Waals surface area contributed by atoms with Gasteiger partial charge in [0.1, 0.15) is 0 Å². The molecule has 0 radical (unpaired) electrons. The lowest BCUT2D eigenvalue weighted by Crippen LogP contribution is -2.29. The van der Waals surface area contributed by atoms with Crippen molar-refractivity contribution >= 4 is 23.3 Å². The molecule has 3 aromatic carbocycles. The first-order valence-corrected chi connectivity index (χ1v) is 10.3. The number of amides is 3. The molecule has 0 atom stereocenters. The van der Waals surface area contributed by atoms with Crippen molar-refractivity contribution < 1.29 is 19.1 Å². The van der Waals surface area contributed by atoms with Crippen molar-refractivity contribution in [2.45, 2.75) is 13.0 Å². The van der Waals surface area contributed by atoms with Gasteiger partial charge in [-0.15, -0.1) is 0 Å². The second-order valence-corrected chi connectivity index (χ2v) is 7.41. The van der Waals surface area contributed by atoms with Gasteiger partial charge in [0.15, 0.2) is 11.5 Å². The lowest BCUT2D eigenvalue weighted by Gasteiger charge is -2.18. The molecule has 0 unspecified atom stereocenters. The van der Waals surface area contributed by atoms with E-state index in [-0.39, 0.29) is 11.9 Å². The summed E-state index contributed by atoms with van der Waals surface area (Å²) >= 11 is 0. The largest absolute Gasteiger partial charge is 0.493 e. The van der Waals surface area contributed by atoms with E-state index in [0.29, 0.717) is 35.8 Å². The number of nitrogens with zero attached hydrogens (tertiary/aromatic N) is 1. The molecule has 0 saturated carbocycles. The van der Waals surface area contributed by atoms with Crippen LogP contribution >= 0.6 is 0 Å². The van der Waals surface area contributed by atoms with Crippen LogP contribution in [0.15, 0.2) is 66.7 Å². The summed E-state index contributed by atoms with van der Waals surface area (Å²) < 4.78 is 10.5. The minimum atomic E-state index is -0.338. The number of rotatable bonds is 6. The highest BCUT2D eigenvalue weighted by molar-refractivity contribution is 6.07. The first-order valence-electron chi connectivity index (χ1n) is 10.3. The molecule has 3 amide bonds. The fraction of sp³-hybridized carbons (Fsp3) is 0.200. The van der Waals surface area contributed by atoms with Gasteiger partial charge in [-0.05, 0) is 47.9 Å². The van der Waals surface area contributed by atoms with Gasteiger partial charge in [-0.3, -0.25) is 4.79 Å². The Balaban J connectivity index is 1.41. The standard InChI is InChI=1S/C25H25N3O4/c1-31-22-11-10-20(15-23(22)32-2)27-25(30)26-16-17-8-9-18-12-13-28(21(18)14-17)24(29)19-6-4-3-5-7-19/h3-11,14-15H,12-13,16H2,1-2H3,(H2,26,27,30). The van der Waals surface area contributed by atoms with Crippen LogP contribution in [0.5, 0.6) is 11.5 Å². The summed E-state index contributed by atoms with van der Waals surface area (Å²) in [5.41, 5.74) is 4.21. The summed E-state index contributed by atoms with van der Waals surface area (Å²) in [6, 6.07) is 20.1. The zero-order valence-electron chi connectivity index (χ0n) is 18.1. The molecule has 0 bridgehead atoms. The fourth-order valence-electron chi connectivity index (χ4n) is 3.75. The number of urea groups is 1. The Morgan fingerprint density at radius 3 is 2.47 bits per heavy atom. The number of hydrogen-bond acceptors (Lipinski definition) is 4.